The first-order valence-electron chi connectivity index (χ1n) is 7.29. The van der Waals surface area contributed by atoms with Gasteiger partial charge >= 0.3 is 0 Å². The zero-order valence-electron chi connectivity index (χ0n) is 12.9. The first kappa shape index (κ1) is 17.2. The van der Waals surface area contributed by atoms with E-state index in [-0.39, 0.29) is 19.0 Å². The van der Waals surface area contributed by atoms with E-state index in [1.807, 2.05) is 60.7 Å². The number of nitrogens with one attached hydrogen (secondary N) is 2. The van der Waals surface area contributed by atoms with Crippen LogP contribution in [0.25, 0.3) is 0 Å². The molecule has 2 rings (SSSR count). The quantitative estimate of drug-likeness (QED) is 0.754. The van der Waals surface area contributed by atoms with Crippen molar-refractivity contribution in [2.45, 2.75) is 5.92 Å². The highest BCUT2D eigenvalue weighted by Crippen LogP contribution is 2.24. The molecule has 23 heavy (non-hydrogen) atoms. The monoisotopic (exact) mass is 332 g/mol. The lowest BCUT2D eigenvalue weighted by Crippen LogP contribution is -2.36. The molecule has 0 unspecified atom stereocenters. The van der Waals surface area contributed by atoms with E-state index in [0.29, 0.717) is 0 Å². The van der Waals surface area contributed by atoms with Gasteiger partial charge in [0.2, 0.25) is 15.9 Å². The molecule has 0 atom stereocenters. The smallest absolute Gasteiger partial charge is 0.232 e. The first-order valence-corrected chi connectivity index (χ1v) is 9.19. The molecule has 0 saturated carbocycles. The average molecular weight is 332 g/mol. The van der Waals surface area contributed by atoms with E-state index in [9.17, 15) is 13.2 Å². The molecular weight excluding hydrogens is 312 g/mol. The van der Waals surface area contributed by atoms with E-state index in [4.69, 9.17) is 0 Å². The van der Waals surface area contributed by atoms with Crippen molar-refractivity contribution in [3.63, 3.8) is 0 Å². The number of hydrogen-bond acceptors (Lipinski definition) is 3. The first-order chi connectivity index (χ1) is 11.0. The summed E-state index contributed by atoms with van der Waals surface area (Å²) in [4.78, 5) is 12.6. The van der Waals surface area contributed by atoms with Crippen LogP contribution in [0, 0.1) is 0 Å². The molecular formula is C17H20N2O3S. The number of benzene rings is 2. The second-order valence-electron chi connectivity index (χ2n) is 5.21. The van der Waals surface area contributed by atoms with Gasteiger partial charge in [-0.15, -0.1) is 0 Å². The van der Waals surface area contributed by atoms with E-state index in [1.54, 1.807) is 0 Å². The summed E-state index contributed by atoms with van der Waals surface area (Å²) >= 11 is 0. The summed E-state index contributed by atoms with van der Waals surface area (Å²) < 4.78 is 24.4. The molecule has 2 aromatic rings. The fraction of sp³-hybridized carbons (Fsp3) is 0.235. The van der Waals surface area contributed by atoms with Gasteiger partial charge in [-0.3, -0.25) is 4.79 Å². The maximum absolute atomic E-state index is 12.6. The molecule has 0 aliphatic rings. The highest BCUT2D eigenvalue weighted by molar-refractivity contribution is 7.88. The molecule has 0 heterocycles. The van der Waals surface area contributed by atoms with Crippen molar-refractivity contribution >= 4 is 15.9 Å². The Bertz CT molecular complexity index is 691. The Morgan fingerprint density at radius 3 is 1.83 bits per heavy atom. The van der Waals surface area contributed by atoms with Crippen LogP contribution in [0.1, 0.15) is 17.0 Å². The Morgan fingerprint density at radius 2 is 1.39 bits per heavy atom. The molecule has 0 aromatic heterocycles. The molecule has 2 N–H and O–H groups in total. The molecule has 2 aromatic carbocycles. The van der Waals surface area contributed by atoms with Crippen LogP contribution in [0.4, 0.5) is 0 Å². The summed E-state index contributed by atoms with van der Waals surface area (Å²) in [6, 6.07) is 19.0. The minimum Gasteiger partial charge on any atom is -0.354 e. The Kier molecular flexibility index (Phi) is 5.90. The normalized spacial score (nSPS) is 11.4. The molecule has 6 heteroatoms. The molecule has 122 valence electrons. The summed E-state index contributed by atoms with van der Waals surface area (Å²) in [5, 5.41) is 2.79. The summed E-state index contributed by atoms with van der Waals surface area (Å²) in [6.07, 6.45) is 1.09. The molecule has 0 aliphatic carbocycles. The van der Waals surface area contributed by atoms with Crippen LogP contribution >= 0.6 is 0 Å². The van der Waals surface area contributed by atoms with Gasteiger partial charge in [0.05, 0.1) is 12.2 Å². The Morgan fingerprint density at radius 1 is 0.913 bits per heavy atom. The summed E-state index contributed by atoms with van der Waals surface area (Å²) in [6.45, 7) is 0.406. The van der Waals surface area contributed by atoms with Crippen LogP contribution in [-0.2, 0) is 14.8 Å². The second kappa shape index (κ2) is 7.89. The van der Waals surface area contributed by atoms with Crippen LogP contribution in [0.3, 0.4) is 0 Å². The molecule has 0 spiro atoms. The lowest BCUT2D eigenvalue weighted by Gasteiger charge is -2.18. The van der Waals surface area contributed by atoms with Crippen LogP contribution in [0.15, 0.2) is 60.7 Å². The maximum atomic E-state index is 12.6. The number of sulfonamides is 1. The third-order valence-electron chi connectivity index (χ3n) is 3.32. The van der Waals surface area contributed by atoms with E-state index >= 15 is 0 Å². The van der Waals surface area contributed by atoms with E-state index in [1.165, 1.54) is 0 Å². The largest absolute Gasteiger partial charge is 0.354 e. The van der Waals surface area contributed by atoms with Gasteiger partial charge in [0, 0.05) is 13.1 Å². The molecule has 0 bridgehead atoms. The number of rotatable bonds is 7. The lowest BCUT2D eigenvalue weighted by atomic mass is 9.90. The Balaban J connectivity index is 2.10. The topological polar surface area (TPSA) is 75.3 Å². The number of carbonyl (C=O) groups excluding carboxylic acids is 1. The van der Waals surface area contributed by atoms with Gasteiger partial charge in [0.1, 0.15) is 0 Å². The van der Waals surface area contributed by atoms with Crippen LogP contribution < -0.4 is 10.0 Å². The summed E-state index contributed by atoms with van der Waals surface area (Å²) in [5.41, 5.74) is 1.79. The van der Waals surface area contributed by atoms with Crippen molar-refractivity contribution in [2.24, 2.45) is 0 Å². The molecule has 0 fully saturated rings. The highest BCUT2D eigenvalue weighted by atomic mass is 32.2. The van der Waals surface area contributed by atoms with Crippen molar-refractivity contribution in [1.29, 1.82) is 0 Å². The van der Waals surface area contributed by atoms with E-state index in [2.05, 4.69) is 10.0 Å². The minimum atomic E-state index is -3.25. The third-order valence-corrected chi connectivity index (χ3v) is 4.04. The van der Waals surface area contributed by atoms with Gasteiger partial charge in [0.15, 0.2) is 0 Å². The van der Waals surface area contributed by atoms with Crippen LogP contribution in [-0.4, -0.2) is 33.7 Å². The Hall–Kier alpha value is -2.18. The van der Waals surface area contributed by atoms with E-state index < -0.39 is 15.9 Å². The molecule has 5 nitrogen and oxygen atoms in total. The predicted octanol–water partition coefficient (Wildman–Crippen LogP) is 1.48. The van der Waals surface area contributed by atoms with Crippen molar-refractivity contribution < 1.29 is 13.2 Å². The molecule has 0 aliphatic heterocycles. The predicted molar refractivity (Wildman–Crippen MR) is 90.6 cm³/mol. The average Bonchev–Trinajstić information content (AvgIpc) is 2.53. The van der Waals surface area contributed by atoms with Gasteiger partial charge in [-0.2, -0.15) is 0 Å². The molecule has 0 radical (unpaired) electrons. The fourth-order valence-corrected chi connectivity index (χ4v) is 2.78. The van der Waals surface area contributed by atoms with Crippen molar-refractivity contribution in [3.8, 4) is 0 Å². The fourth-order valence-electron chi connectivity index (χ4n) is 2.31. The zero-order valence-corrected chi connectivity index (χ0v) is 13.7. The lowest BCUT2D eigenvalue weighted by molar-refractivity contribution is -0.121. The third kappa shape index (κ3) is 5.50. The summed E-state index contributed by atoms with van der Waals surface area (Å²) in [5.74, 6) is -0.576. The molecule has 0 saturated heterocycles. The van der Waals surface area contributed by atoms with Crippen molar-refractivity contribution in [1.82, 2.24) is 10.0 Å². The number of carbonyl (C=O) groups is 1. The highest BCUT2D eigenvalue weighted by Gasteiger charge is 2.21. The van der Waals surface area contributed by atoms with Crippen molar-refractivity contribution in [2.75, 3.05) is 19.3 Å². The van der Waals surface area contributed by atoms with Crippen LogP contribution in [0.2, 0.25) is 0 Å². The van der Waals surface area contributed by atoms with Gasteiger partial charge in [-0.05, 0) is 11.1 Å². The van der Waals surface area contributed by atoms with Gasteiger partial charge in [-0.25, -0.2) is 13.1 Å². The van der Waals surface area contributed by atoms with Gasteiger partial charge < -0.3 is 5.32 Å². The summed E-state index contributed by atoms with van der Waals surface area (Å²) in [7, 11) is -3.25. The number of hydrogen-bond donors (Lipinski definition) is 2. The minimum absolute atomic E-state index is 0.155. The van der Waals surface area contributed by atoms with Crippen molar-refractivity contribution in [3.05, 3.63) is 71.8 Å². The van der Waals surface area contributed by atoms with E-state index in [0.717, 1.165) is 17.4 Å². The standard InChI is InChI=1S/C17H20N2O3S/c1-23(21,22)19-13-12-18-17(20)16(14-8-4-2-5-9-14)15-10-6-3-7-11-15/h2-11,16,19H,12-13H2,1H3,(H,18,20). The Labute approximate surface area is 136 Å². The SMILES string of the molecule is CS(=O)(=O)NCCNC(=O)C(c1ccccc1)c1ccccc1. The van der Waals surface area contributed by atoms with Crippen LogP contribution in [0.5, 0.6) is 0 Å². The number of amides is 1. The molecule has 1 amide bonds. The maximum Gasteiger partial charge on any atom is 0.232 e. The van der Waals surface area contributed by atoms with Gasteiger partial charge in [0.25, 0.3) is 0 Å². The second-order valence-corrected chi connectivity index (χ2v) is 7.04. The van der Waals surface area contributed by atoms with Gasteiger partial charge in [-0.1, -0.05) is 60.7 Å². The zero-order chi connectivity index (χ0) is 16.7.